The van der Waals surface area contributed by atoms with Gasteiger partial charge in [0.1, 0.15) is 0 Å². The number of nitrogens with one attached hydrogen (secondary N) is 1. The Morgan fingerprint density at radius 3 is 2.47 bits per heavy atom. The summed E-state index contributed by atoms with van der Waals surface area (Å²) in [6.07, 6.45) is 0. The third kappa shape index (κ3) is 2.94. The van der Waals surface area contributed by atoms with Crippen molar-refractivity contribution in [2.75, 3.05) is 24.5 Å². The molecule has 17 heavy (non-hydrogen) atoms. The van der Waals surface area contributed by atoms with E-state index in [0.717, 1.165) is 49.5 Å². The van der Waals surface area contributed by atoms with Crippen LogP contribution >= 0.6 is 0 Å². The van der Waals surface area contributed by atoms with Crippen LogP contribution in [0.5, 0.6) is 0 Å². The van der Waals surface area contributed by atoms with E-state index >= 15 is 0 Å². The third-order valence-electron chi connectivity index (χ3n) is 3.57. The van der Waals surface area contributed by atoms with Crippen LogP contribution in [0.4, 0.5) is 5.82 Å². The zero-order chi connectivity index (χ0) is 12.3. The van der Waals surface area contributed by atoms with E-state index in [9.17, 15) is 0 Å². The van der Waals surface area contributed by atoms with Crippen molar-refractivity contribution in [1.82, 2.24) is 15.5 Å². The molecule has 94 valence electrons. The van der Waals surface area contributed by atoms with Crippen molar-refractivity contribution in [2.45, 2.75) is 27.3 Å². The van der Waals surface area contributed by atoms with Gasteiger partial charge in [-0.15, -0.1) is 5.10 Å². The molecule has 0 bridgehead atoms. The fourth-order valence-electron chi connectivity index (χ4n) is 2.19. The molecule has 0 aliphatic carbocycles. The molecule has 1 aromatic rings. The van der Waals surface area contributed by atoms with E-state index in [1.165, 1.54) is 0 Å². The molecule has 0 spiro atoms. The molecule has 4 heteroatoms. The van der Waals surface area contributed by atoms with Crippen molar-refractivity contribution in [2.24, 2.45) is 11.8 Å². The molecule has 2 unspecified atom stereocenters. The van der Waals surface area contributed by atoms with Crippen molar-refractivity contribution in [3.05, 3.63) is 17.8 Å². The minimum absolute atomic E-state index is 0.748. The molecule has 2 rings (SSSR count). The molecule has 0 saturated carbocycles. The first kappa shape index (κ1) is 12.3. The molecule has 1 aromatic heterocycles. The summed E-state index contributed by atoms with van der Waals surface area (Å²) in [6, 6.07) is 4.16. The van der Waals surface area contributed by atoms with Gasteiger partial charge >= 0.3 is 0 Å². The van der Waals surface area contributed by atoms with E-state index in [4.69, 9.17) is 0 Å². The Morgan fingerprint density at radius 1 is 1.24 bits per heavy atom. The second-order valence-electron chi connectivity index (χ2n) is 5.02. The molecular formula is C13H22N4. The van der Waals surface area contributed by atoms with E-state index in [1.54, 1.807) is 0 Å². The highest BCUT2D eigenvalue weighted by molar-refractivity contribution is 5.38. The summed E-state index contributed by atoms with van der Waals surface area (Å²) >= 11 is 0. The summed E-state index contributed by atoms with van der Waals surface area (Å²) in [6.45, 7) is 10.7. The van der Waals surface area contributed by atoms with Gasteiger partial charge in [-0.25, -0.2) is 0 Å². The quantitative estimate of drug-likeness (QED) is 0.860. The highest BCUT2D eigenvalue weighted by atomic mass is 15.3. The van der Waals surface area contributed by atoms with E-state index in [1.807, 2.05) is 0 Å². The first-order chi connectivity index (χ1) is 8.20. The van der Waals surface area contributed by atoms with Gasteiger partial charge in [0.25, 0.3) is 0 Å². The number of rotatable bonds is 4. The maximum absolute atomic E-state index is 4.32. The molecule has 1 aliphatic heterocycles. The SMILES string of the molecule is CCNCc1ccc(N2CC(C)C(C)C2)nn1. The monoisotopic (exact) mass is 234 g/mol. The van der Waals surface area contributed by atoms with Gasteiger partial charge < -0.3 is 10.2 Å². The van der Waals surface area contributed by atoms with Gasteiger partial charge in [-0.05, 0) is 30.5 Å². The van der Waals surface area contributed by atoms with Gasteiger partial charge in [-0.1, -0.05) is 20.8 Å². The molecule has 1 aliphatic rings. The number of aromatic nitrogens is 2. The van der Waals surface area contributed by atoms with Crippen LogP contribution in [0.25, 0.3) is 0 Å². The molecule has 4 nitrogen and oxygen atoms in total. The number of hydrogen-bond acceptors (Lipinski definition) is 4. The van der Waals surface area contributed by atoms with Gasteiger partial charge in [0, 0.05) is 19.6 Å². The summed E-state index contributed by atoms with van der Waals surface area (Å²) in [7, 11) is 0. The van der Waals surface area contributed by atoms with Crippen molar-refractivity contribution >= 4 is 5.82 Å². The second kappa shape index (κ2) is 5.45. The molecular weight excluding hydrogens is 212 g/mol. The largest absolute Gasteiger partial charge is 0.355 e. The van der Waals surface area contributed by atoms with E-state index in [2.05, 4.69) is 53.3 Å². The third-order valence-corrected chi connectivity index (χ3v) is 3.57. The molecule has 2 heterocycles. The zero-order valence-corrected chi connectivity index (χ0v) is 11.0. The van der Waals surface area contributed by atoms with E-state index in [0.29, 0.717) is 0 Å². The Hall–Kier alpha value is -1.16. The highest BCUT2D eigenvalue weighted by Crippen LogP contribution is 2.25. The highest BCUT2D eigenvalue weighted by Gasteiger charge is 2.26. The normalized spacial score (nSPS) is 24.3. The maximum Gasteiger partial charge on any atom is 0.151 e. The predicted octanol–water partition coefficient (Wildman–Crippen LogP) is 1.68. The van der Waals surface area contributed by atoms with Crippen LogP contribution in [-0.2, 0) is 6.54 Å². The number of hydrogen-bond donors (Lipinski definition) is 1. The fraction of sp³-hybridized carbons (Fsp3) is 0.692. The van der Waals surface area contributed by atoms with Crippen molar-refractivity contribution in [3.8, 4) is 0 Å². The second-order valence-corrected chi connectivity index (χ2v) is 5.02. The lowest BCUT2D eigenvalue weighted by Gasteiger charge is -2.16. The van der Waals surface area contributed by atoms with Crippen molar-refractivity contribution < 1.29 is 0 Å². The van der Waals surface area contributed by atoms with Crippen LogP contribution in [0.2, 0.25) is 0 Å². The lowest BCUT2D eigenvalue weighted by molar-refractivity contribution is 0.494. The Balaban J connectivity index is 1.98. The summed E-state index contributed by atoms with van der Waals surface area (Å²) in [5.41, 5.74) is 1.01. The van der Waals surface area contributed by atoms with Gasteiger partial charge in [-0.3, -0.25) is 0 Å². The minimum Gasteiger partial charge on any atom is -0.355 e. The van der Waals surface area contributed by atoms with Crippen LogP contribution in [0.1, 0.15) is 26.5 Å². The molecule has 1 saturated heterocycles. The average Bonchev–Trinajstić information content (AvgIpc) is 2.68. The fourth-order valence-corrected chi connectivity index (χ4v) is 2.19. The number of anilines is 1. The maximum atomic E-state index is 4.32. The van der Waals surface area contributed by atoms with Crippen molar-refractivity contribution in [3.63, 3.8) is 0 Å². The molecule has 0 aromatic carbocycles. The average molecular weight is 234 g/mol. The Bertz CT molecular complexity index is 339. The van der Waals surface area contributed by atoms with Gasteiger partial charge in [-0.2, -0.15) is 5.10 Å². The molecule has 2 atom stereocenters. The molecule has 1 fully saturated rings. The minimum atomic E-state index is 0.748. The summed E-state index contributed by atoms with van der Waals surface area (Å²) in [5.74, 6) is 2.51. The first-order valence-electron chi connectivity index (χ1n) is 6.49. The zero-order valence-electron chi connectivity index (χ0n) is 11.0. The number of nitrogens with zero attached hydrogens (tertiary/aromatic N) is 3. The lowest BCUT2D eigenvalue weighted by atomic mass is 10.0. The van der Waals surface area contributed by atoms with Crippen LogP contribution in [-0.4, -0.2) is 29.8 Å². The standard InChI is InChI=1S/C13H22N4/c1-4-14-7-12-5-6-13(16-15-12)17-8-10(2)11(3)9-17/h5-6,10-11,14H,4,7-9H2,1-3H3. The van der Waals surface area contributed by atoms with Gasteiger partial charge in [0.2, 0.25) is 0 Å². The lowest BCUT2D eigenvalue weighted by Crippen LogP contribution is -2.21. The van der Waals surface area contributed by atoms with Crippen LogP contribution in [0.15, 0.2) is 12.1 Å². The van der Waals surface area contributed by atoms with Crippen LogP contribution < -0.4 is 10.2 Å². The molecule has 0 amide bonds. The van der Waals surface area contributed by atoms with Crippen molar-refractivity contribution in [1.29, 1.82) is 0 Å². The van der Waals surface area contributed by atoms with Crippen LogP contribution in [0, 0.1) is 11.8 Å². The Morgan fingerprint density at radius 2 is 1.94 bits per heavy atom. The van der Waals surface area contributed by atoms with Gasteiger partial charge in [0.15, 0.2) is 5.82 Å². The smallest absolute Gasteiger partial charge is 0.151 e. The summed E-state index contributed by atoms with van der Waals surface area (Å²) < 4.78 is 0. The molecule has 1 N–H and O–H groups in total. The Kier molecular flexibility index (Phi) is 3.94. The van der Waals surface area contributed by atoms with Gasteiger partial charge in [0.05, 0.1) is 5.69 Å². The Labute approximate surface area is 103 Å². The molecule has 0 radical (unpaired) electrons. The first-order valence-corrected chi connectivity index (χ1v) is 6.49. The predicted molar refractivity (Wildman–Crippen MR) is 70.0 cm³/mol. The van der Waals surface area contributed by atoms with E-state index < -0.39 is 0 Å². The summed E-state index contributed by atoms with van der Waals surface area (Å²) in [5, 5.41) is 11.8. The van der Waals surface area contributed by atoms with E-state index in [-0.39, 0.29) is 0 Å². The topological polar surface area (TPSA) is 41.0 Å². The summed E-state index contributed by atoms with van der Waals surface area (Å²) in [4.78, 5) is 2.33. The van der Waals surface area contributed by atoms with Crippen LogP contribution in [0.3, 0.4) is 0 Å².